The first-order valence-corrected chi connectivity index (χ1v) is 20.4. The molecule has 5 aliphatic rings. The third-order valence-corrected chi connectivity index (χ3v) is 15.4. The summed E-state index contributed by atoms with van der Waals surface area (Å²) in [5.41, 5.74) is 1.66. The highest BCUT2D eigenvalue weighted by atomic mass is 19.1. The van der Waals surface area contributed by atoms with E-state index in [0.717, 1.165) is 61.8 Å². The molecule has 4 aliphatic carbocycles. The predicted molar refractivity (Wildman–Crippen MR) is 203 cm³/mol. The van der Waals surface area contributed by atoms with Gasteiger partial charge in [0.2, 0.25) is 5.91 Å². The van der Waals surface area contributed by atoms with Crippen LogP contribution in [0.25, 0.3) is 0 Å². The lowest BCUT2D eigenvalue weighted by molar-refractivity contribution is -0.162. The molecule has 1 saturated heterocycles. The number of hydrogen-bond acceptors (Lipinski definition) is 6. The molecule has 2 aromatic rings. The second-order valence-corrected chi connectivity index (χ2v) is 18.8. The molecule has 1 N–H and O–H groups in total. The van der Waals surface area contributed by atoms with E-state index in [1.54, 1.807) is 18.0 Å². The van der Waals surface area contributed by atoms with E-state index in [9.17, 15) is 19.1 Å². The first-order valence-electron chi connectivity index (χ1n) is 20.4. The normalized spacial score (nSPS) is 36.7. The van der Waals surface area contributed by atoms with Gasteiger partial charge in [0.25, 0.3) is 0 Å². The predicted octanol–water partition coefficient (Wildman–Crippen LogP) is 8.44. The van der Waals surface area contributed by atoms with Crippen molar-refractivity contribution < 1.29 is 28.6 Å². The molecule has 0 bridgehead atoms. The molecule has 0 radical (unpaired) electrons. The summed E-state index contributed by atoms with van der Waals surface area (Å²) in [6.45, 7) is 18.5. The first kappa shape index (κ1) is 38.4. The molecule has 2 heterocycles. The molecule has 53 heavy (non-hydrogen) atoms. The van der Waals surface area contributed by atoms with Crippen molar-refractivity contribution in [1.29, 1.82) is 0 Å². The molecule has 1 spiro atoms. The number of aromatic nitrogens is 1. The molecule has 1 aromatic heterocycles. The zero-order chi connectivity index (χ0) is 37.9. The van der Waals surface area contributed by atoms with Crippen molar-refractivity contribution in [3.8, 4) is 0 Å². The number of benzene rings is 1. The van der Waals surface area contributed by atoms with Gasteiger partial charge in [-0.1, -0.05) is 52.2 Å². The number of carbonyl (C=O) groups excluding carboxylic acids is 2. The molecule has 8 heteroatoms. The zero-order valence-electron chi connectivity index (χ0n) is 32.9. The Morgan fingerprint density at radius 2 is 1.85 bits per heavy atom. The number of ether oxygens (including phenoxy) is 2. The fourth-order valence-corrected chi connectivity index (χ4v) is 12.3. The highest BCUT2D eigenvalue weighted by molar-refractivity contribution is 5.73. The lowest BCUT2D eigenvalue weighted by atomic mass is 9.46. The quantitative estimate of drug-likeness (QED) is 0.195. The lowest BCUT2D eigenvalue weighted by Gasteiger charge is -2.63. The highest BCUT2D eigenvalue weighted by Gasteiger charge is 2.71. The van der Waals surface area contributed by atoms with Gasteiger partial charge in [0.05, 0.1) is 30.4 Å². The molecular weight excluding hydrogens is 668 g/mol. The van der Waals surface area contributed by atoms with Crippen molar-refractivity contribution in [1.82, 2.24) is 9.88 Å². The van der Waals surface area contributed by atoms with Gasteiger partial charge in [0.15, 0.2) is 0 Å². The van der Waals surface area contributed by atoms with Crippen LogP contribution in [0.2, 0.25) is 0 Å². The van der Waals surface area contributed by atoms with E-state index >= 15 is 0 Å². The summed E-state index contributed by atoms with van der Waals surface area (Å²) >= 11 is 0. The average Bonchev–Trinajstić information content (AvgIpc) is 3.84. The van der Waals surface area contributed by atoms with E-state index in [0.29, 0.717) is 24.9 Å². The number of halogens is 1. The molecule has 10 atom stereocenters. The number of aryl methyl sites for hydroxylation is 1. The summed E-state index contributed by atoms with van der Waals surface area (Å²) in [5, 5.41) is 12.6. The second kappa shape index (κ2) is 14.3. The fourth-order valence-electron chi connectivity index (χ4n) is 12.3. The molecule has 5 fully saturated rings. The molecule has 4 saturated carbocycles. The number of aliphatic hydroxyl groups excluding tert-OH is 1. The van der Waals surface area contributed by atoms with Crippen LogP contribution in [0.4, 0.5) is 4.39 Å². The van der Waals surface area contributed by atoms with Gasteiger partial charge in [-0.15, -0.1) is 5.41 Å². The number of aliphatic hydroxyl groups is 1. The van der Waals surface area contributed by atoms with Gasteiger partial charge >= 0.3 is 5.97 Å². The average molecular weight is 730 g/mol. The van der Waals surface area contributed by atoms with Crippen LogP contribution in [0.1, 0.15) is 116 Å². The van der Waals surface area contributed by atoms with Crippen molar-refractivity contribution in [3.05, 3.63) is 72.2 Å². The largest absolute Gasteiger partial charge is 0.461 e. The Balaban J connectivity index is 1.06. The fraction of sp³-hybridized carbons (Fsp3) is 0.689. The molecule has 1 aromatic carbocycles. The van der Waals surface area contributed by atoms with Gasteiger partial charge in [-0.05, 0) is 129 Å². The Kier molecular flexibility index (Phi) is 10.4. The number of rotatable bonds is 10. The maximum absolute atomic E-state index is 14.2. The van der Waals surface area contributed by atoms with E-state index in [1.807, 2.05) is 31.2 Å². The van der Waals surface area contributed by atoms with Gasteiger partial charge in [0.1, 0.15) is 11.9 Å². The molecule has 7 rings (SSSR count). The monoisotopic (exact) mass is 729 g/mol. The van der Waals surface area contributed by atoms with E-state index in [2.05, 4.69) is 32.7 Å². The van der Waals surface area contributed by atoms with Gasteiger partial charge in [0, 0.05) is 31.6 Å². The Hall–Kier alpha value is -2.84. The minimum atomic E-state index is -0.707. The molecule has 1 aliphatic heterocycles. The second-order valence-electron chi connectivity index (χ2n) is 18.8. The Morgan fingerprint density at radius 3 is 2.53 bits per heavy atom. The highest BCUT2D eigenvalue weighted by Crippen LogP contribution is 2.77. The van der Waals surface area contributed by atoms with Gasteiger partial charge in [-0.25, -0.2) is 4.39 Å². The number of carbonyl (C=O) groups is 2. The van der Waals surface area contributed by atoms with Crippen LogP contribution in [0.5, 0.6) is 0 Å². The number of pyridine rings is 1. The third kappa shape index (κ3) is 6.98. The standard InChI is InChI=1S/C45H62FN2O5/c1-28-21-31(24-33(46)22-28)26-48(30(3)49)27-35-23-29(2)39-40(52-35)41(51)44(7)36(45(18-19-45)17-16-43(39,44)6)15-14-32-11-10-13-37(42(32,4)5)53-38(50)25-34-12-8-9-20-47-34/h8-9,12,20-22,24,29,32,35-37,39-41,51H,7,10-11,13-19,23,25-27H2,1-6H3/q-1. The molecule has 290 valence electrons. The SMILES string of the molecule is [CH2-]C12C(O)C3OC(CN(Cc4cc(C)cc(F)c4)C(C)=O)CC(C)C3C1(C)CCC1(CC1)C2CCC1CCCC(OC(=O)Cc2ccccn2)C1(C)C. The van der Waals surface area contributed by atoms with Crippen molar-refractivity contribution in [2.24, 2.45) is 45.3 Å². The van der Waals surface area contributed by atoms with Gasteiger partial charge in [-0.3, -0.25) is 14.6 Å². The van der Waals surface area contributed by atoms with Crippen LogP contribution in [0, 0.1) is 65.0 Å². The van der Waals surface area contributed by atoms with Crippen LogP contribution >= 0.6 is 0 Å². The van der Waals surface area contributed by atoms with Crippen molar-refractivity contribution in [2.45, 2.75) is 143 Å². The molecule has 1 amide bonds. The maximum Gasteiger partial charge on any atom is 0.312 e. The minimum Gasteiger partial charge on any atom is -0.461 e. The van der Waals surface area contributed by atoms with Gasteiger partial charge < -0.3 is 26.4 Å². The summed E-state index contributed by atoms with van der Waals surface area (Å²) < 4.78 is 27.4. The van der Waals surface area contributed by atoms with Crippen molar-refractivity contribution in [2.75, 3.05) is 6.54 Å². The van der Waals surface area contributed by atoms with E-state index in [4.69, 9.17) is 16.4 Å². The number of nitrogens with zero attached hydrogens (tertiary/aromatic N) is 2. The van der Waals surface area contributed by atoms with Crippen LogP contribution in [-0.4, -0.2) is 57.8 Å². The number of amides is 1. The van der Waals surface area contributed by atoms with Crippen LogP contribution < -0.4 is 0 Å². The minimum absolute atomic E-state index is 0.0712. The summed E-state index contributed by atoms with van der Waals surface area (Å²) in [5.74, 6) is 0.564. The van der Waals surface area contributed by atoms with Gasteiger partial charge in [-0.2, -0.15) is 0 Å². The molecular formula is C45H62FN2O5-. The smallest absolute Gasteiger partial charge is 0.312 e. The maximum atomic E-state index is 14.2. The van der Waals surface area contributed by atoms with Crippen molar-refractivity contribution >= 4 is 11.9 Å². The first-order chi connectivity index (χ1) is 25.1. The number of fused-ring (bicyclic) bond motifs is 3. The van der Waals surface area contributed by atoms with Crippen LogP contribution in [0.15, 0.2) is 42.6 Å². The Bertz CT molecular complexity index is 1640. The molecule has 7 nitrogen and oxygen atoms in total. The summed E-state index contributed by atoms with van der Waals surface area (Å²) in [6.07, 6.45) is 11.0. The van der Waals surface area contributed by atoms with E-state index in [-0.39, 0.29) is 70.5 Å². The zero-order valence-corrected chi connectivity index (χ0v) is 32.9. The summed E-state index contributed by atoms with van der Waals surface area (Å²) in [6, 6.07) is 10.5. The number of hydrogen-bond donors (Lipinski definition) is 1. The lowest BCUT2D eigenvalue weighted by Crippen LogP contribution is -2.55. The Labute approximate surface area is 316 Å². The van der Waals surface area contributed by atoms with Crippen LogP contribution in [0.3, 0.4) is 0 Å². The van der Waals surface area contributed by atoms with E-state index in [1.165, 1.54) is 31.4 Å². The van der Waals surface area contributed by atoms with Crippen LogP contribution in [-0.2, 0) is 32.0 Å². The molecule has 10 unspecified atom stereocenters. The van der Waals surface area contributed by atoms with E-state index < -0.39 is 11.5 Å². The topological polar surface area (TPSA) is 89.0 Å². The summed E-state index contributed by atoms with van der Waals surface area (Å²) in [4.78, 5) is 32.0. The third-order valence-electron chi connectivity index (χ3n) is 15.4. The summed E-state index contributed by atoms with van der Waals surface area (Å²) in [7, 11) is 0. The van der Waals surface area contributed by atoms with Crippen molar-refractivity contribution in [3.63, 3.8) is 0 Å². The number of esters is 1. The Morgan fingerprint density at radius 1 is 1.09 bits per heavy atom.